The molecule has 2 atom stereocenters. The predicted molar refractivity (Wildman–Crippen MR) is 63.4 cm³/mol. The molecule has 0 aromatic heterocycles. The van der Waals surface area contributed by atoms with Gasteiger partial charge in [-0.2, -0.15) is 0 Å². The fourth-order valence-electron chi connectivity index (χ4n) is 3.37. The summed E-state index contributed by atoms with van der Waals surface area (Å²) in [5.41, 5.74) is 2.50. The van der Waals surface area contributed by atoms with Crippen molar-refractivity contribution in [3.63, 3.8) is 0 Å². The molecule has 2 heterocycles. The molecule has 0 aliphatic carbocycles. The van der Waals surface area contributed by atoms with Gasteiger partial charge in [-0.25, -0.2) is 0 Å². The fourth-order valence-corrected chi connectivity index (χ4v) is 3.37. The summed E-state index contributed by atoms with van der Waals surface area (Å²) in [6.07, 6.45) is 2.29. The minimum Gasteiger partial charge on any atom is -0.298 e. The van der Waals surface area contributed by atoms with Crippen molar-refractivity contribution in [1.82, 2.24) is 4.90 Å². The molecule has 3 nitrogen and oxygen atoms in total. The molecule has 0 bridgehead atoms. The van der Waals surface area contributed by atoms with Crippen LogP contribution in [0.1, 0.15) is 18.9 Å². The number of nitrogens with zero attached hydrogens (tertiary/aromatic N) is 2. The van der Waals surface area contributed by atoms with E-state index in [1.165, 1.54) is 5.56 Å². The molecule has 1 saturated heterocycles. The van der Waals surface area contributed by atoms with E-state index in [1.807, 2.05) is 17.0 Å². The lowest BCUT2D eigenvalue weighted by atomic mass is 9.81. The number of hydrogen-bond acceptors (Lipinski definition) is 2. The summed E-state index contributed by atoms with van der Waals surface area (Å²) in [6.45, 7) is 3.32. The highest BCUT2D eigenvalue weighted by molar-refractivity contribution is 5.83. The van der Waals surface area contributed by atoms with Gasteiger partial charge in [-0.3, -0.25) is 14.6 Å². The van der Waals surface area contributed by atoms with Crippen molar-refractivity contribution in [2.24, 2.45) is 0 Å². The third-order valence-electron chi connectivity index (χ3n) is 4.15. The standard InChI is InChI=1S/C13H16N2O/c1-13-7-8-14(2)12(13)15(9-16)11-6-4-3-5-10(11)13/h3-6,9,12H,7-8H2,1-2H3/t12-,13+/m0/s1. The van der Waals surface area contributed by atoms with Gasteiger partial charge in [0, 0.05) is 17.6 Å². The molecular weight excluding hydrogens is 200 g/mol. The van der Waals surface area contributed by atoms with E-state index in [9.17, 15) is 4.79 Å². The lowest BCUT2D eigenvalue weighted by Gasteiger charge is -2.31. The number of benzene rings is 1. The zero-order valence-electron chi connectivity index (χ0n) is 9.68. The SMILES string of the molecule is CN1CC[C@]2(C)c3ccccc3N(C=O)[C@H]12. The average Bonchev–Trinajstić information content (AvgIpc) is 2.73. The van der Waals surface area contributed by atoms with Crippen LogP contribution in [0.4, 0.5) is 5.69 Å². The van der Waals surface area contributed by atoms with Gasteiger partial charge in [-0.1, -0.05) is 25.1 Å². The van der Waals surface area contributed by atoms with Gasteiger partial charge in [0.15, 0.2) is 0 Å². The van der Waals surface area contributed by atoms with Crippen LogP contribution in [0.15, 0.2) is 24.3 Å². The number of amides is 1. The summed E-state index contributed by atoms with van der Waals surface area (Å²) in [5, 5.41) is 0. The highest BCUT2D eigenvalue weighted by Gasteiger charge is 2.53. The Labute approximate surface area is 95.7 Å². The number of carbonyl (C=O) groups excluding carboxylic acids is 1. The summed E-state index contributed by atoms with van der Waals surface area (Å²) in [6, 6.07) is 8.26. The smallest absolute Gasteiger partial charge is 0.215 e. The lowest BCUT2D eigenvalue weighted by Crippen LogP contribution is -2.46. The predicted octanol–water partition coefficient (Wildman–Crippen LogP) is 1.58. The maximum atomic E-state index is 11.3. The molecule has 1 amide bonds. The first-order valence-corrected chi connectivity index (χ1v) is 5.72. The normalized spacial score (nSPS) is 32.6. The second-order valence-corrected chi connectivity index (χ2v) is 5.05. The Bertz CT molecular complexity index is 445. The molecule has 1 aromatic rings. The van der Waals surface area contributed by atoms with Crippen LogP contribution in [-0.4, -0.2) is 31.1 Å². The van der Waals surface area contributed by atoms with Gasteiger partial charge in [0.05, 0.1) is 6.17 Å². The lowest BCUT2D eigenvalue weighted by molar-refractivity contribution is -0.108. The van der Waals surface area contributed by atoms with Crippen molar-refractivity contribution in [1.29, 1.82) is 0 Å². The number of carbonyl (C=O) groups is 1. The van der Waals surface area contributed by atoms with Crippen LogP contribution in [0.25, 0.3) is 0 Å². The molecule has 84 valence electrons. The van der Waals surface area contributed by atoms with Crippen molar-refractivity contribution in [2.75, 3.05) is 18.5 Å². The molecular formula is C13H16N2O. The second kappa shape index (κ2) is 3.08. The van der Waals surface area contributed by atoms with E-state index < -0.39 is 0 Å². The Morgan fingerprint density at radius 2 is 2.19 bits per heavy atom. The molecule has 0 N–H and O–H groups in total. The zero-order chi connectivity index (χ0) is 11.3. The number of anilines is 1. The van der Waals surface area contributed by atoms with Crippen LogP contribution in [-0.2, 0) is 10.2 Å². The Morgan fingerprint density at radius 3 is 2.94 bits per heavy atom. The Hall–Kier alpha value is -1.35. The van der Waals surface area contributed by atoms with Gasteiger partial charge in [0.2, 0.25) is 6.41 Å². The van der Waals surface area contributed by atoms with Crippen LogP contribution >= 0.6 is 0 Å². The summed E-state index contributed by atoms with van der Waals surface area (Å²) < 4.78 is 0. The highest BCUT2D eigenvalue weighted by atomic mass is 16.1. The summed E-state index contributed by atoms with van der Waals surface area (Å²) in [5.74, 6) is 0. The van der Waals surface area contributed by atoms with Crippen LogP contribution in [0.5, 0.6) is 0 Å². The van der Waals surface area contributed by atoms with E-state index in [2.05, 4.69) is 31.0 Å². The van der Waals surface area contributed by atoms with Crippen LogP contribution in [0.3, 0.4) is 0 Å². The van der Waals surface area contributed by atoms with E-state index in [0.717, 1.165) is 25.1 Å². The van der Waals surface area contributed by atoms with E-state index >= 15 is 0 Å². The number of para-hydroxylation sites is 1. The highest BCUT2D eigenvalue weighted by Crippen LogP contribution is 2.50. The number of rotatable bonds is 1. The molecule has 0 spiro atoms. The molecule has 1 aromatic carbocycles. The summed E-state index contributed by atoms with van der Waals surface area (Å²) >= 11 is 0. The maximum absolute atomic E-state index is 11.3. The summed E-state index contributed by atoms with van der Waals surface area (Å²) in [7, 11) is 2.10. The van der Waals surface area contributed by atoms with Gasteiger partial charge in [-0.05, 0) is 25.1 Å². The van der Waals surface area contributed by atoms with E-state index in [1.54, 1.807) is 0 Å². The Kier molecular flexibility index (Phi) is 1.89. The topological polar surface area (TPSA) is 23.6 Å². The monoisotopic (exact) mass is 216 g/mol. The van der Waals surface area contributed by atoms with E-state index in [4.69, 9.17) is 0 Å². The van der Waals surface area contributed by atoms with Crippen molar-refractivity contribution in [3.05, 3.63) is 29.8 Å². The molecule has 3 heteroatoms. The maximum Gasteiger partial charge on any atom is 0.215 e. The first-order valence-electron chi connectivity index (χ1n) is 5.72. The van der Waals surface area contributed by atoms with Crippen molar-refractivity contribution in [3.8, 4) is 0 Å². The minimum absolute atomic E-state index is 0.103. The Balaban J connectivity index is 2.21. The molecule has 1 fully saturated rings. The largest absolute Gasteiger partial charge is 0.298 e. The average molecular weight is 216 g/mol. The Morgan fingerprint density at radius 1 is 1.44 bits per heavy atom. The zero-order valence-corrected chi connectivity index (χ0v) is 9.68. The molecule has 2 aliphatic heterocycles. The van der Waals surface area contributed by atoms with Gasteiger partial charge in [0.25, 0.3) is 0 Å². The quantitative estimate of drug-likeness (QED) is 0.665. The fraction of sp³-hybridized carbons (Fsp3) is 0.462. The third-order valence-corrected chi connectivity index (χ3v) is 4.15. The number of fused-ring (bicyclic) bond motifs is 3. The van der Waals surface area contributed by atoms with Crippen LogP contribution in [0, 0.1) is 0 Å². The van der Waals surface area contributed by atoms with E-state index in [-0.39, 0.29) is 11.6 Å². The third kappa shape index (κ3) is 0.990. The molecule has 3 rings (SSSR count). The van der Waals surface area contributed by atoms with Gasteiger partial charge in [0.1, 0.15) is 0 Å². The van der Waals surface area contributed by atoms with Crippen LogP contribution in [0.2, 0.25) is 0 Å². The number of hydrogen-bond donors (Lipinski definition) is 0. The first kappa shape index (κ1) is 9.85. The molecule has 0 radical (unpaired) electrons. The molecule has 16 heavy (non-hydrogen) atoms. The minimum atomic E-state index is 0.103. The van der Waals surface area contributed by atoms with Crippen molar-refractivity contribution < 1.29 is 4.79 Å². The van der Waals surface area contributed by atoms with E-state index in [0.29, 0.717) is 0 Å². The molecule has 2 aliphatic rings. The second-order valence-electron chi connectivity index (χ2n) is 5.05. The van der Waals surface area contributed by atoms with Gasteiger partial charge in [-0.15, -0.1) is 0 Å². The van der Waals surface area contributed by atoms with Crippen LogP contribution < -0.4 is 4.90 Å². The molecule has 0 unspecified atom stereocenters. The van der Waals surface area contributed by atoms with Gasteiger partial charge < -0.3 is 0 Å². The van der Waals surface area contributed by atoms with Crippen molar-refractivity contribution >= 4 is 12.1 Å². The summed E-state index contributed by atoms with van der Waals surface area (Å²) in [4.78, 5) is 15.4. The van der Waals surface area contributed by atoms with Gasteiger partial charge >= 0.3 is 0 Å². The first-order chi connectivity index (χ1) is 7.68. The number of likely N-dealkylation sites (N-methyl/N-ethyl adjacent to an activating group) is 1. The van der Waals surface area contributed by atoms with Crippen molar-refractivity contribution in [2.45, 2.75) is 24.9 Å². The number of likely N-dealkylation sites (tertiary alicyclic amines) is 1. The molecule has 0 saturated carbocycles.